The van der Waals surface area contributed by atoms with Crippen molar-refractivity contribution >= 4 is 12.0 Å². The molecule has 0 aliphatic heterocycles. The molecule has 0 fully saturated rings. The second-order valence-corrected chi connectivity index (χ2v) is 7.52. The number of benzene rings is 2. The summed E-state index contributed by atoms with van der Waals surface area (Å²) in [6, 6.07) is 7.30. The average molecular weight is 457 g/mol. The molecule has 0 radical (unpaired) electrons. The second kappa shape index (κ2) is 9.36. The molecule has 0 heterocycles. The third kappa shape index (κ3) is 5.91. The Kier molecular flexibility index (Phi) is 6.97. The number of ether oxygens (including phenoxy) is 1. The van der Waals surface area contributed by atoms with E-state index in [0.717, 1.165) is 41.7 Å². The van der Waals surface area contributed by atoms with E-state index in [4.69, 9.17) is 0 Å². The first-order valence-electron chi connectivity index (χ1n) is 9.88. The van der Waals surface area contributed by atoms with Gasteiger partial charge in [-0.25, -0.2) is 4.79 Å². The molecule has 3 rings (SSSR count). The Balaban J connectivity index is 1.67. The number of aryl methyl sites for hydroxylation is 1. The molecule has 172 valence electrons. The van der Waals surface area contributed by atoms with Crippen molar-refractivity contribution < 1.29 is 35.9 Å². The van der Waals surface area contributed by atoms with Crippen molar-refractivity contribution in [2.45, 2.75) is 37.7 Å². The number of halogens is 6. The van der Waals surface area contributed by atoms with Gasteiger partial charge in [0.25, 0.3) is 0 Å². The van der Waals surface area contributed by atoms with Crippen LogP contribution in [0.2, 0.25) is 0 Å². The fourth-order valence-electron chi connectivity index (χ4n) is 3.74. The predicted octanol–water partition coefficient (Wildman–Crippen LogP) is 5.73. The molecule has 32 heavy (non-hydrogen) atoms. The third-order valence-corrected chi connectivity index (χ3v) is 5.31. The average Bonchev–Trinajstić information content (AvgIpc) is 3.12. The normalized spacial score (nSPS) is 16.4. The Morgan fingerprint density at radius 1 is 1.06 bits per heavy atom. The summed E-state index contributed by atoms with van der Waals surface area (Å²) in [6.45, 7) is 0.229. The summed E-state index contributed by atoms with van der Waals surface area (Å²) >= 11 is 0. The van der Waals surface area contributed by atoms with Crippen molar-refractivity contribution in [2.75, 3.05) is 13.7 Å². The Morgan fingerprint density at radius 3 is 2.31 bits per heavy atom. The van der Waals surface area contributed by atoms with Crippen molar-refractivity contribution in [2.24, 2.45) is 0 Å². The Hall–Kier alpha value is -2.81. The highest BCUT2D eigenvalue weighted by atomic mass is 19.4. The molecular formula is C23H21F6NO2. The van der Waals surface area contributed by atoms with E-state index in [0.29, 0.717) is 0 Å². The van der Waals surface area contributed by atoms with Crippen LogP contribution in [0.3, 0.4) is 0 Å². The van der Waals surface area contributed by atoms with E-state index >= 15 is 0 Å². The molecule has 0 bridgehead atoms. The van der Waals surface area contributed by atoms with Gasteiger partial charge < -0.3 is 10.1 Å². The minimum Gasteiger partial charge on any atom is -0.466 e. The van der Waals surface area contributed by atoms with Gasteiger partial charge in [-0.1, -0.05) is 18.2 Å². The van der Waals surface area contributed by atoms with Gasteiger partial charge in [-0.2, -0.15) is 26.3 Å². The Labute approximate surface area is 181 Å². The number of esters is 1. The summed E-state index contributed by atoms with van der Waals surface area (Å²) < 4.78 is 82.6. The Morgan fingerprint density at radius 2 is 1.72 bits per heavy atom. The fraction of sp³-hybridized carbons (Fsp3) is 0.348. The molecule has 9 heteroatoms. The smallest absolute Gasteiger partial charge is 0.416 e. The maximum Gasteiger partial charge on any atom is 0.416 e. The molecule has 1 aliphatic rings. The van der Waals surface area contributed by atoms with Gasteiger partial charge in [0.15, 0.2) is 0 Å². The highest BCUT2D eigenvalue weighted by Gasteiger charge is 2.36. The SMILES string of the molecule is COC(=O)/C=C/c1ccc2c(c1)CCC2NCCc1cc(C(F)(F)F)cc(C(F)(F)F)c1. The molecule has 2 aromatic carbocycles. The summed E-state index contributed by atoms with van der Waals surface area (Å²) in [5.74, 6) is -0.465. The summed E-state index contributed by atoms with van der Waals surface area (Å²) in [6.07, 6.45) is -5.19. The van der Waals surface area contributed by atoms with Gasteiger partial charge in [0.1, 0.15) is 0 Å². The minimum absolute atomic E-state index is 0.0266. The van der Waals surface area contributed by atoms with E-state index in [1.807, 2.05) is 18.2 Å². The van der Waals surface area contributed by atoms with Gasteiger partial charge in [-0.3, -0.25) is 0 Å². The zero-order valence-corrected chi connectivity index (χ0v) is 17.1. The number of methoxy groups -OCH3 is 1. The lowest BCUT2D eigenvalue weighted by atomic mass is 10.0. The van der Waals surface area contributed by atoms with Crippen LogP contribution in [0.1, 0.15) is 45.8 Å². The van der Waals surface area contributed by atoms with Crippen LogP contribution < -0.4 is 5.32 Å². The van der Waals surface area contributed by atoms with Crippen molar-refractivity contribution in [1.82, 2.24) is 5.32 Å². The van der Waals surface area contributed by atoms with E-state index in [2.05, 4.69) is 10.1 Å². The third-order valence-electron chi connectivity index (χ3n) is 5.31. The van der Waals surface area contributed by atoms with Gasteiger partial charge in [0, 0.05) is 12.1 Å². The van der Waals surface area contributed by atoms with Crippen LogP contribution in [0.25, 0.3) is 6.08 Å². The van der Waals surface area contributed by atoms with Gasteiger partial charge in [-0.05, 0) is 72.3 Å². The van der Waals surface area contributed by atoms with E-state index in [1.54, 1.807) is 6.08 Å². The first kappa shape index (κ1) is 23.8. The van der Waals surface area contributed by atoms with Crippen LogP contribution in [-0.4, -0.2) is 19.6 Å². The van der Waals surface area contributed by atoms with Crippen molar-refractivity contribution in [3.63, 3.8) is 0 Å². The Bertz CT molecular complexity index is 978. The molecule has 1 unspecified atom stereocenters. The molecule has 1 aliphatic carbocycles. The van der Waals surface area contributed by atoms with Crippen LogP contribution in [-0.2, 0) is 34.7 Å². The zero-order valence-electron chi connectivity index (χ0n) is 17.1. The first-order chi connectivity index (χ1) is 15.0. The minimum atomic E-state index is -4.85. The number of fused-ring (bicyclic) bond motifs is 1. The highest BCUT2D eigenvalue weighted by Crippen LogP contribution is 2.36. The van der Waals surface area contributed by atoms with Crippen molar-refractivity contribution in [3.8, 4) is 0 Å². The number of rotatable bonds is 6. The highest BCUT2D eigenvalue weighted by molar-refractivity contribution is 5.86. The lowest BCUT2D eigenvalue weighted by Gasteiger charge is -2.16. The van der Waals surface area contributed by atoms with E-state index < -0.39 is 29.4 Å². The number of carbonyl (C=O) groups is 1. The van der Waals surface area contributed by atoms with Crippen molar-refractivity contribution in [1.29, 1.82) is 0 Å². The summed E-state index contributed by atoms with van der Waals surface area (Å²) in [4.78, 5) is 11.2. The monoisotopic (exact) mass is 457 g/mol. The number of hydrogen-bond donors (Lipinski definition) is 1. The van der Waals surface area contributed by atoms with Crippen LogP contribution in [0.4, 0.5) is 26.3 Å². The standard InChI is InChI=1S/C23H21F6NO2/c1-32-21(31)7-3-14-2-5-19-16(10-14)4-6-20(19)30-9-8-15-11-17(22(24,25)26)13-18(12-15)23(27,28)29/h2-3,5,7,10-13,20,30H,4,6,8-9H2,1H3/b7-3+. The maximum atomic E-state index is 13.0. The molecule has 1 atom stereocenters. The largest absolute Gasteiger partial charge is 0.466 e. The first-order valence-corrected chi connectivity index (χ1v) is 9.88. The number of hydrogen-bond acceptors (Lipinski definition) is 3. The lowest BCUT2D eigenvalue weighted by Crippen LogP contribution is -2.22. The topological polar surface area (TPSA) is 38.3 Å². The molecule has 0 saturated carbocycles. The second-order valence-electron chi connectivity index (χ2n) is 7.52. The molecule has 0 saturated heterocycles. The molecule has 0 amide bonds. The summed E-state index contributed by atoms with van der Waals surface area (Å²) in [5, 5.41) is 3.23. The molecular weight excluding hydrogens is 436 g/mol. The van der Waals surface area contributed by atoms with Gasteiger partial charge >= 0.3 is 18.3 Å². The molecule has 1 N–H and O–H groups in total. The summed E-state index contributed by atoms with van der Waals surface area (Å²) in [5.41, 5.74) is 0.301. The number of carbonyl (C=O) groups excluding carboxylic acids is 1. The predicted molar refractivity (Wildman–Crippen MR) is 107 cm³/mol. The van der Waals surface area contributed by atoms with Gasteiger partial charge in [0.05, 0.1) is 18.2 Å². The van der Waals surface area contributed by atoms with Crippen molar-refractivity contribution in [3.05, 3.63) is 75.9 Å². The van der Waals surface area contributed by atoms with Gasteiger partial charge in [0.2, 0.25) is 0 Å². The molecule has 0 aromatic heterocycles. The van der Waals surface area contributed by atoms with Crippen LogP contribution >= 0.6 is 0 Å². The molecule has 2 aromatic rings. The molecule has 0 spiro atoms. The quantitative estimate of drug-likeness (QED) is 0.342. The van der Waals surface area contributed by atoms with Crippen LogP contribution in [0, 0.1) is 0 Å². The van der Waals surface area contributed by atoms with Crippen LogP contribution in [0.15, 0.2) is 42.5 Å². The summed E-state index contributed by atoms with van der Waals surface area (Å²) in [7, 11) is 1.29. The van der Waals surface area contributed by atoms with E-state index in [1.165, 1.54) is 13.2 Å². The zero-order chi connectivity index (χ0) is 23.5. The van der Waals surface area contributed by atoms with E-state index in [9.17, 15) is 31.1 Å². The number of alkyl halides is 6. The fourth-order valence-corrected chi connectivity index (χ4v) is 3.74. The number of nitrogens with one attached hydrogen (secondary N) is 1. The van der Waals surface area contributed by atoms with Crippen LogP contribution in [0.5, 0.6) is 0 Å². The lowest BCUT2D eigenvalue weighted by molar-refractivity contribution is -0.143. The van der Waals surface area contributed by atoms with Gasteiger partial charge in [-0.15, -0.1) is 0 Å². The maximum absolute atomic E-state index is 13.0. The molecule has 3 nitrogen and oxygen atoms in total. The van der Waals surface area contributed by atoms with E-state index in [-0.39, 0.29) is 30.6 Å².